The Hall–Kier alpha value is -2.61. The van der Waals surface area contributed by atoms with Gasteiger partial charge in [-0.3, -0.25) is 4.79 Å². The lowest BCUT2D eigenvalue weighted by molar-refractivity contribution is -0.122. The van der Waals surface area contributed by atoms with Crippen LogP contribution in [0.3, 0.4) is 0 Å². The third kappa shape index (κ3) is 8.53. The first-order valence-corrected chi connectivity index (χ1v) is 12.6. The second-order valence-corrected chi connectivity index (χ2v) is 9.21. The number of aryl methyl sites for hydroxylation is 1. The van der Waals surface area contributed by atoms with Gasteiger partial charge < -0.3 is 19.4 Å². The van der Waals surface area contributed by atoms with Crippen molar-refractivity contribution in [3.8, 4) is 5.75 Å². The molecule has 8 heteroatoms. The lowest BCUT2D eigenvalue weighted by atomic mass is 9.97. The SMILES string of the molecule is CCCn1c(C[N]C(=O)CC(C)Cc2cccc(OCCNCCOC)c2)nc2ccc(Cl)cc21. The van der Waals surface area contributed by atoms with Crippen LogP contribution in [-0.2, 0) is 29.0 Å². The molecule has 7 nitrogen and oxygen atoms in total. The summed E-state index contributed by atoms with van der Waals surface area (Å²) in [5.74, 6) is 1.71. The number of nitrogens with zero attached hydrogens (tertiary/aromatic N) is 3. The van der Waals surface area contributed by atoms with E-state index in [9.17, 15) is 4.79 Å². The summed E-state index contributed by atoms with van der Waals surface area (Å²) in [6.45, 7) is 8.13. The Labute approximate surface area is 213 Å². The van der Waals surface area contributed by atoms with Gasteiger partial charge in [0.05, 0.1) is 17.6 Å². The predicted octanol–water partition coefficient (Wildman–Crippen LogP) is 4.61. The number of hydrogen-bond acceptors (Lipinski definition) is 5. The number of fused-ring (bicyclic) bond motifs is 1. The maximum Gasteiger partial charge on any atom is 0.241 e. The van der Waals surface area contributed by atoms with E-state index in [1.165, 1.54) is 0 Å². The Morgan fingerprint density at radius 2 is 2.03 bits per heavy atom. The van der Waals surface area contributed by atoms with E-state index in [1.54, 1.807) is 7.11 Å². The smallest absolute Gasteiger partial charge is 0.241 e. The van der Waals surface area contributed by atoms with Crippen molar-refractivity contribution >= 4 is 28.5 Å². The lowest BCUT2D eigenvalue weighted by Gasteiger charge is -2.13. The van der Waals surface area contributed by atoms with Gasteiger partial charge in [-0.15, -0.1) is 0 Å². The summed E-state index contributed by atoms with van der Waals surface area (Å²) in [5.41, 5.74) is 3.01. The zero-order valence-corrected chi connectivity index (χ0v) is 21.7. The number of carbonyl (C=O) groups is 1. The van der Waals surface area contributed by atoms with Crippen molar-refractivity contribution in [3.63, 3.8) is 0 Å². The van der Waals surface area contributed by atoms with Crippen LogP contribution in [0, 0.1) is 5.92 Å². The van der Waals surface area contributed by atoms with Crippen LogP contribution in [0.5, 0.6) is 5.75 Å². The zero-order chi connectivity index (χ0) is 25.0. The highest BCUT2D eigenvalue weighted by Gasteiger charge is 2.15. The second kappa shape index (κ2) is 14.1. The van der Waals surface area contributed by atoms with Gasteiger partial charge in [0, 0.05) is 38.2 Å². The highest BCUT2D eigenvalue weighted by atomic mass is 35.5. The van der Waals surface area contributed by atoms with E-state index in [0.717, 1.165) is 60.6 Å². The number of carbonyl (C=O) groups excluding carboxylic acids is 1. The lowest BCUT2D eigenvalue weighted by Crippen LogP contribution is -2.24. The monoisotopic (exact) mass is 499 g/mol. The van der Waals surface area contributed by atoms with Gasteiger partial charge >= 0.3 is 0 Å². The molecular formula is C27H36ClN4O3. The molecule has 2 aromatic carbocycles. The van der Waals surface area contributed by atoms with E-state index in [4.69, 9.17) is 21.1 Å². The summed E-state index contributed by atoms with van der Waals surface area (Å²) in [5, 5.41) is 8.27. The molecule has 0 saturated heterocycles. The summed E-state index contributed by atoms with van der Waals surface area (Å²) in [6, 6.07) is 13.7. The predicted molar refractivity (Wildman–Crippen MR) is 140 cm³/mol. The molecule has 1 amide bonds. The van der Waals surface area contributed by atoms with E-state index >= 15 is 0 Å². The van der Waals surface area contributed by atoms with Gasteiger partial charge in [0.15, 0.2) is 0 Å². The zero-order valence-electron chi connectivity index (χ0n) is 20.9. The molecule has 0 bridgehead atoms. The fourth-order valence-electron chi connectivity index (χ4n) is 4.04. The molecular weight excluding hydrogens is 464 g/mol. The maximum absolute atomic E-state index is 12.6. The minimum atomic E-state index is -0.0971. The summed E-state index contributed by atoms with van der Waals surface area (Å²) >= 11 is 6.18. The quantitative estimate of drug-likeness (QED) is 0.309. The molecule has 1 atom stereocenters. The maximum atomic E-state index is 12.6. The first-order valence-electron chi connectivity index (χ1n) is 12.3. The summed E-state index contributed by atoms with van der Waals surface area (Å²) < 4.78 is 13.0. The number of benzene rings is 2. The van der Waals surface area contributed by atoms with E-state index < -0.39 is 0 Å². The van der Waals surface area contributed by atoms with Crippen molar-refractivity contribution in [2.75, 3.05) is 33.4 Å². The number of nitrogens with one attached hydrogen (secondary N) is 1. The van der Waals surface area contributed by atoms with Gasteiger partial charge in [-0.25, -0.2) is 10.3 Å². The van der Waals surface area contributed by atoms with Crippen LogP contribution < -0.4 is 15.4 Å². The van der Waals surface area contributed by atoms with Gasteiger partial charge in [-0.05, 0) is 54.7 Å². The van der Waals surface area contributed by atoms with Crippen LogP contribution >= 0.6 is 11.6 Å². The third-order valence-electron chi connectivity index (χ3n) is 5.67. The molecule has 35 heavy (non-hydrogen) atoms. The first-order chi connectivity index (χ1) is 17.0. The standard InChI is InChI=1S/C27H36ClN4O3/c1-4-12-32-25-18-22(28)8-9-24(25)31-26(32)19-30-27(33)16-20(2)15-21-6-5-7-23(17-21)35-14-11-29-10-13-34-3/h5-9,17-18,20,29H,4,10-16,19H2,1-3H3. The number of aromatic nitrogens is 2. The molecule has 189 valence electrons. The number of ether oxygens (including phenoxy) is 2. The summed E-state index contributed by atoms with van der Waals surface area (Å²) in [6.07, 6.45) is 2.15. The highest BCUT2D eigenvalue weighted by molar-refractivity contribution is 6.31. The van der Waals surface area contributed by atoms with Crippen LogP contribution in [0.1, 0.15) is 38.1 Å². The second-order valence-electron chi connectivity index (χ2n) is 8.77. The van der Waals surface area contributed by atoms with Crippen LogP contribution in [-0.4, -0.2) is 48.9 Å². The third-order valence-corrected chi connectivity index (χ3v) is 5.90. The molecule has 0 fully saturated rings. The van der Waals surface area contributed by atoms with Gasteiger partial charge in [-0.2, -0.15) is 0 Å². The average Bonchev–Trinajstić information content (AvgIpc) is 3.17. The first kappa shape index (κ1) is 27.0. The van der Waals surface area contributed by atoms with Crippen molar-refractivity contribution < 1.29 is 14.3 Å². The van der Waals surface area contributed by atoms with Gasteiger partial charge in [-0.1, -0.05) is 37.6 Å². The highest BCUT2D eigenvalue weighted by Crippen LogP contribution is 2.22. The van der Waals surface area contributed by atoms with Crippen LogP contribution in [0.2, 0.25) is 5.02 Å². The molecule has 3 aromatic rings. The van der Waals surface area contributed by atoms with E-state index in [-0.39, 0.29) is 18.4 Å². The van der Waals surface area contributed by atoms with E-state index in [1.807, 2.05) is 36.4 Å². The number of amides is 1. The molecule has 0 saturated carbocycles. The summed E-state index contributed by atoms with van der Waals surface area (Å²) in [4.78, 5) is 17.3. The Kier molecular flexibility index (Phi) is 10.8. The Bertz CT molecular complexity index is 1090. The Morgan fingerprint density at radius 1 is 1.20 bits per heavy atom. The summed E-state index contributed by atoms with van der Waals surface area (Å²) in [7, 11) is 1.69. The molecule has 0 aliphatic rings. The van der Waals surface area contributed by atoms with Gasteiger partial charge in [0.25, 0.3) is 0 Å². The Morgan fingerprint density at radius 3 is 2.83 bits per heavy atom. The van der Waals surface area contributed by atoms with E-state index in [0.29, 0.717) is 24.7 Å². The number of imidazole rings is 1. The fraction of sp³-hybridized carbons (Fsp3) is 0.481. The number of rotatable bonds is 15. The Balaban J connectivity index is 1.47. The molecule has 1 radical (unpaired) electrons. The van der Waals surface area contributed by atoms with Crippen molar-refractivity contribution in [2.24, 2.45) is 5.92 Å². The minimum Gasteiger partial charge on any atom is -0.492 e. The van der Waals surface area contributed by atoms with E-state index in [2.05, 4.69) is 40.1 Å². The van der Waals surface area contributed by atoms with Crippen LogP contribution in [0.4, 0.5) is 0 Å². The normalized spacial score (nSPS) is 12.1. The molecule has 1 unspecified atom stereocenters. The number of halogens is 1. The largest absolute Gasteiger partial charge is 0.492 e. The minimum absolute atomic E-state index is 0.0971. The molecule has 3 rings (SSSR count). The van der Waals surface area contributed by atoms with Gasteiger partial charge in [0.2, 0.25) is 5.91 Å². The molecule has 1 aromatic heterocycles. The van der Waals surface area contributed by atoms with Gasteiger partial charge in [0.1, 0.15) is 24.7 Å². The molecule has 0 spiro atoms. The van der Waals surface area contributed by atoms with Crippen molar-refractivity contribution in [1.82, 2.24) is 20.2 Å². The van der Waals surface area contributed by atoms with Crippen molar-refractivity contribution in [3.05, 3.63) is 58.9 Å². The fourth-order valence-corrected chi connectivity index (χ4v) is 4.20. The molecule has 0 aliphatic carbocycles. The van der Waals surface area contributed by atoms with Crippen LogP contribution in [0.15, 0.2) is 42.5 Å². The molecule has 1 N–H and O–H groups in total. The topological polar surface area (TPSA) is 79.5 Å². The molecule has 0 aliphatic heterocycles. The average molecular weight is 500 g/mol. The van der Waals surface area contributed by atoms with Crippen molar-refractivity contribution in [2.45, 2.75) is 46.2 Å². The van der Waals surface area contributed by atoms with Crippen molar-refractivity contribution in [1.29, 1.82) is 0 Å². The van der Waals surface area contributed by atoms with Crippen LogP contribution in [0.25, 0.3) is 11.0 Å². The number of hydrogen-bond donors (Lipinski definition) is 1. The number of methoxy groups -OCH3 is 1. The molecule has 1 heterocycles.